The van der Waals surface area contributed by atoms with Crippen molar-refractivity contribution in [3.63, 3.8) is 0 Å². The molecule has 10 rings (SSSR count). The number of hydrogen-bond acceptors (Lipinski definition) is 11. The van der Waals surface area contributed by atoms with Gasteiger partial charge in [0.05, 0.1) is 17.9 Å². The summed E-state index contributed by atoms with van der Waals surface area (Å²) in [6.07, 6.45) is 2.89. The van der Waals surface area contributed by atoms with Crippen molar-refractivity contribution in [3.8, 4) is 39.8 Å². The fraction of sp³-hybridized carbons (Fsp3) is 0.317. The van der Waals surface area contributed by atoms with Gasteiger partial charge in [-0.1, -0.05) is 70.2 Å². The van der Waals surface area contributed by atoms with Crippen molar-refractivity contribution in [1.82, 2.24) is 25.3 Å². The number of rotatable bonds is 7. The number of hydrogen-bond donors (Lipinski definition) is 5. The van der Waals surface area contributed by atoms with Crippen LogP contribution in [0, 0.1) is 5.92 Å². The van der Waals surface area contributed by atoms with Crippen LogP contribution >= 0.6 is 8.25 Å². The SMILES string of the molecule is CCC(O)(CC)C(=O)N[C@H]1Cc2ccc3c(c2)C24c5cccc(c5NC2O3)-c2cccc3c2c(cn3O[P+](=O)O)-c2cnc(o2)-c2nc(oc24)C(C(C)C)NC1=O. The molecule has 3 aromatic carbocycles. The van der Waals surface area contributed by atoms with Crippen LogP contribution in [-0.2, 0) is 26.0 Å². The van der Waals surface area contributed by atoms with Crippen LogP contribution in [0.25, 0.3) is 44.9 Å². The summed E-state index contributed by atoms with van der Waals surface area (Å²) in [6.45, 7) is 7.32. The highest BCUT2D eigenvalue weighted by molar-refractivity contribution is 7.32. The summed E-state index contributed by atoms with van der Waals surface area (Å²) in [7, 11) is -3.01. The van der Waals surface area contributed by atoms with Crippen molar-refractivity contribution < 1.29 is 42.3 Å². The van der Waals surface area contributed by atoms with Crippen LogP contribution in [0.15, 0.2) is 75.8 Å². The Morgan fingerprint density at radius 2 is 1.88 bits per heavy atom. The third kappa shape index (κ3) is 4.98. The summed E-state index contributed by atoms with van der Waals surface area (Å²) in [4.78, 5) is 47.5. The molecule has 57 heavy (non-hydrogen) atoms. The topological polar surface area (TPSA) is 203 Å². The number of carbonyl (C=O) groups is 2. The number of benzene rings is 3. The minimum atomic E-state index is -3.01. The van der Waals surface area contributed by atoms with Crippen LogP contribution in [0.4, 0.5) is 5.69 Å². The maximum Gasteiger partial charge on any atom is 0.768 e. The average molecular weight is 790 g/mol. The van der Waals surface area contributed by atoms with Gasteiger partial charge < -0.3 is 34.6 Å². The molecule has 4 aliphatic heterocycles. The number of nitrogens with zero attached hydrogens (tertiary/aromatic N) is 3. The molecule has 1 spiro atoms. The summed E-state index contributed by atoms with van der Waals surface area (Å²) in [6, 6.07) is 15.5. The maximum absolute atomic E-state index is 14.3. The molecule has 0 radical (unpaired) electrons. The summed E-state index contributed by atoms with van der Waals surface area (Å²) < 4.78 is 39.0. The lowest BCUT2D eigenvalue weighted by Gasteiger charge is -2.30. The third-order valence-corrected chi connectivity index (χ3v) is 12.3. The molecule has 7 heterocycles. The van der Waals surface area contributed by atoms with Crippen molar-refractivity contribution in [2.75, 3.05) is 5.32 Å². The van der Waals surface area contributed by atoms with Gasteiger partial charge >= 0.3 is 8.25 Å². The Bertz CT molecular complexity index is 2700. The fourth-order valence-electron chi connectivity index (χ4n) is 8.93. The molecule has 16 heteroatoms. The molecule has 4 unspecified atom stereocenters. The van der Waals surface area contributed by atoms with Gasteiger partial charge in [0.25, 0.3) is 5.91 Å². The Morgan fingerprint density at radius 1 is 1.09 bits per heavy atom. The van der Waals surface area contributed by atoms with Gasteiger partial charge in [0.1, 0.15) is 28.8 Å². The second-order valence-corrected chi connectivity index (χ2v) is 16.0. The van der Waals surface area contributed by atoms with Crippen molar-refractivity contribution in [1.29, 1.82) is 0 Å². The smallest absolute Gasteiger partial charge is 0.469 e. The zero-order valence-corrected chi connectivity index (χ0v) is 32.2. The van der Waals surface area contributed by atoms with Crippen molar-refractivity contribution in [3.05, 3.63) is 95.3 Å². The lowest BCUT2D eigenvalue weighted by atomic mass is 9.72. The fourth-order valence-corrected chi connectivity index (χ4v) is 9.22. The van der Waals surface area contributed by atoms with Gasteiger partial charge in [-0.25, -0.2) is 9.97 Å². The molecular formula is C41H38N6O9P+. The molecular weight excluding hydrogens is 751 g/mol. The number of nitrogens with one attached hydrogen (secondary N) is 3. The van der Waals surface area contributed by atoms with Gasteiger partial charge in [-0.05, 0) is 42.0 Å². The largest absolute Gasteiger partial charge is 0.768 e. The molecule has 5 atom stereocenters. The Morgan fingerprint density at radius 3 is 2.65 bits per heavy atom. The van der Waals surface area contributed by atoms with Gasteiger partial charge in [-0.3, -0.25) is 9.59 Å². The molecule has 3 aromatic heterocycles. The standard InChI is InChI=1S/C41H37N6O9P/c1-5-40(50,6-2)38(49)43-26-16-20-13-14-28-25(15-20)41-24-11-7-10-22(32(24)46-39(41)54-28)21-9-8-12-27-30(21)23(18-47(27)56-57(51)52)29-17-42-36(53-29)33-34(41)55-37(45-33)31(19(3)4)44-35(26)48/h7-15,17-19,26,31,39,46,50H,5-6,16H2,1-4H3,(H2-,43,44,48,49,51,52)/p+1/t26-,31?,39?,41?/m0/s1. The van der Waals surface area contributed by atoms with Crippen LogP contribution in [0.5, 0.6) is 5.75 Å². The monoisotopic (exact) mass is 789 g/mol. The van der Waals surface area contributed by atoms with Crippen LogP contribution < -0.4 is 25.3 Å². The molecule has 15 nitrogen and oxygen atoms in total. The number of para-hydroxylation sites is 1. The van der Waals surface area contributed by atoms with Crippen LogP contribution in [0.2, 0.25) is 0 Å². The van der Waals surface area contributed by atoms with Crippen LogP contribution in [0.1, 0.15) is 74.9 Å². The van der Waals surface area contributed by atoms with E-state index in [-0.39, 0.29) is 37.0 Å². The molecule has 4 aliphatic rings. The van der Waals surface area contributed by atoms with E-state index in [0.29, 0.717) is 39.4 Å². The minimum absolute atomic E-state index is 0.117. The van der Waals surface area contributed by atoms with E-state index in [1.165, 1.54) is 4.73 Å². The van der Waals surface area contributed by atoms with Crippen molar-refractivity contribution in [2.45, 2.75) is 76.3 Å². The van der Waals surface area contributed by atoms with E-state index < -0.39 is 49.4 Å². The number of aliphatic hydroxyl groups is 1. The molecule has 10 bridgehead atoms. The highest BCUT2D eigenvalue weighted by atomic mass is 31.1. The van der Waals surface area contributed by atoms with Crippen molar-refractivity contribution in [2.24, 2.45) is 5.92 Å². The lowest BCUT2D eigenvalue weighted by molar-refractivity contribution is -0.143. The highest BCUT2D eigenvalue weighted by Crippen LogP contribution is 2.61. The van der Waals surface area contributed by atoms with Crippen molar-refractivity contribution >= 4 is 36.7 Å². The summed E-state index contributed by atoms with van der Waals surface area (Å²) in [5.74, 6) is 0.330. The maximum atomic E-state index is 14.3. The molecule has 0 saturated heterocycles. The van der Waals surface area contributed by atoms with E-state index >= 15 is 0 Å². The molecule has 5 N–H and O–H groups in total. The number of aromatic nitrogens is 3. The normalized spacial score (nSPS) is 21.5. The first kappa shape index (κ1) is 35.4. The van der Waals surface area contributed by atoms with E-state index in [0.717, 1.165) is 33.5 Å². The third-order valence-electron chi connectivity index (χ3n) is 12.0. The van der Waals surface area contributed by atoms with Crippen LogP contribution in [0.3, 0.4) is 0 Å². The van der Waals surface area contributed by atoms with Gasteiger partial charge in [0.2, 0.25) is 17.7 Å². The Hall–Kier alpha value is -6.02. The Kier molecular flexibility index (Phi) is 7.76. The van der Waals surface area contributed by atoms with E-state index in [2.05, 4.69) is 16.0 Å². The summed E-state index contributed by atoms with van der Waals surface area (Å²) in [5, 5.41) is 21.5. The number of fused-ring (bicyclic) bond motifs is 7. The van der Waals surface area contributed by atoms with Gasteiger partial charge in [0, 0.05) is 44.3 Å². The van der Waals surface area contributed by atoms with E-state index in [1.54, 1.807) is 32.3 Å². The van der Waals surface area contributed by atoms with Gasteiger partial charge in [-0.2, -0.15) is 0 Å². The Balaban J connectivity index is 1.27. The quantitative estimate of drug-likeness (QED) is 0.120. The Labute approximate surface area is 326 Å². The van der Waals surface area contributed by atoms with E-state index in [1.807, 2.05) is 62.4 Å². The zero-order chi connectivity index (χ0) is 39.5. The second-order valence-electron chi connectivity index (χ2n) is 15.4. The van der Waals surface area contributed by atoms with E-state index in [9.17, 15) is 24.2 Å². The highest BCUT2D eigenvalue weighted by Gasteiger charge is 2.61. The zero-order valence-electron chi connectivity index (χ0n) is 31.3. The molecule has 0 aliphatic carbocycles. The number of amides is 2. The molecule has 0 saturated carbocycles. The number of anilines is 1. The molecule has 2 amide bonds. The van der Waals surface area contributed by atoms with Gasteiger partial charge in [0.15, 0.2) is 23.4 Å². The predicted octanol–water partition coefficient (Wildman–Crippen LogP) is 5.89. The minimum Gasteiger partial charge on any atom is -0.469 e. The number of carbonyl (C=O) groups excluding carboxylic acids is 2. The second kappa shape index (κ2) is 12.5. The van der Waals surface area contributed by atoms with E-state index in [4.69, 9.17) is 28.2 Å². The van der Waals surface area contributed by atoms with Gasteiger partial charge in [-0.15, -0.1) is 14.2 Å². The predicted molar refractivity (Wildman–Crippen MR) is 206 cm³/mol. The average Bonchev–Trinajstić information content (AvgIpc) is 4.02. The van der Waals surface area contributed by atoms with Crippen LogP contribution in [-0.4, -0.2) is 54.4 Å². The molecule has 290 valence electrons. The molecule has 0 fully saturated rings. The summed E-state index contributed by atoms with van der Waals surface area (Å²) >= 11 is 0. The first-order valence-electron chi connectivity index (χ1n) is 19.0. The first-order chi connectivity index (χ1) is 27.4. The number of ether oxygens (including phenoxy) is 1. The first-order valence-corrected chi connectivity index (χ1v) is 20.1. The number of oxazole rings is 2. The molecule has 6 aromatic rings. The lowest BCUT2D eigenvalue weighted by Crippen LogP contribution is -2.55. The summed E-state index contributed by atoms with van der Waals surface area (Å²) in [5.41, 5.74) is 3.26.